The van der Waals surface area contributed by atoms with Crippen LogP contribution < -0.4 is 5.32 Å². The van der Waals surface area contributed by atoms with Crippen molar-refractivity contribution in [3.05, 3.63) is 77.6 Å². The summed E-state index contributed by atoms with van der Waals surface area (Å²) in [4.78, 5) is 18.4. The Balaban J connectivity index is 1.47. The van der Waals surface area contributed by atoms with Gasteiger partial charge in [0.2, 0.25) is 0 Å². The molecule has 0 saturated carbocycles. The van der Waals surface area contributed by atoms with Crippen LogP contribution in [0, 0.1) is 12.7 Å². The molecule has 26 heavy (non-hydrogen) atoms. The van der Waals surface area contributed by atoms with E-state index in [4.69, 9.17) is 0 Å². The number of amides is 2. The lowest BCUT2D eigenvalue weighted by molar-refractivity contribution is 0.206. The molecular weight excluding hydrogens is 331 g/mol. The molecule has 0 bridgehead atoms. The number of hydrogen-bond donors (Lipinski definition) is 1. The second-order valence-electron chi connectivity index (χ2n) is 6.46. The number of fused-ring (bicyclic) bond motifs is 1. The number of benzene rings is 2. The molecule has 5 nitrogen and oxygen atoms in total. The van der Waals surface area contributed by atoms with Crippen LogP contribution in [-0.2, 0) is 13.0 Å². The van der Waals surface area contributed by atoms with E-state index in [1.165, 1.54) is 11.6 Å². The van der Waals surface area contributed by atoms with E-state index in [0.717, 1.165) is 17.7 Å². The molecule has 2 aromatic carbocycles. The molecule has 0 aliphatic carbocycles. The van der Waals surface area contributed by atoms with E-state index in [2.05, 4.69) is 16.4 Å². The third kappa shape index (κ3) is 3.18. The van der Waals surface area contributed by atoms with Crippen molar-refractivity contribution in [1.82, 2.24) is 14.5 Å². The van der Waals surface area contributed by atoms with Crippen LogP contribution in [0.1, 0.15) is 16.8 Å². The molecule has 1 aliphatic heterocycles. The fraction of sp³-hybridized carbons (Fsp3) is 0.200. The van der Waals surface area contributed by atoms with Crippen molar-refractivity contribution in [1.29, 1.82) is 0 Å². The summed E-state index contributed by atoms with van der Waals surface area (Å²) in [7, 11) is 0. The Hall–Kier alpha value is -3.15. The first kappa shape index (κ1) is 16.3. The highest BCUT2D eigenvalue weighted by Gasteiger charge is 2.20. The predicted octanol–water partition coefficient (Wildman–Crippen LogP) is 3.91. The van der Waals surface area contributed by atoms with Crippen molar-refractivity contribution in [3.63, 3.8) is 0 Å². The summed E-state index contributed by atoms with van der Waals surface area (Å²) in [6.45, 7) is 3.06. The monoisotopic (exact) mass is 350 g/mol. The SMILES string of the molecule is Cc1cn(-c2ccc(NC(=O)N3CCc4ccccc4C3)cc2F)cn1. The van der Waals surface area contributed by atoms with Crippen molar-refractivity contribution >= 4 is 11.7 Å². The molecule has 3 aromatic rings. The number of anilines is 1. The molecule has 2 amide bonds. The molecule has 4 rings (SSSR count). The number of aromatic nitrogens is 2. The van der Waals surface area contributed by atoms with Gasteiger partial charge in [-0.25, -0.2) is 14.2 Å². The average Bonchev–Trinajstić information content (AvgIpc) is 3.07. The molecule has 0 fully saturated rings. The van der Waals surface area contributed by atoms with Gasteiger partial charge in [0, 0.05) is 25.0 Å². The van der Waals surface area contributed by atoms with Crippen LogP contribution >= 0.6 is 0 Å². The van der Waals surface area contributed by atoms with Crippen LogP contribution in [0.5, 0.6) is 0 Å². The number of halogens is 1. The lowest BCUT2D eigenvalue weighted by Gasteiger charge is -2.29. The summed E-state index contributed by atoms with van der Waals surface area (Å²) in [5.74, 6) is -0.413. The Labute approximate surface area is 151 Å². The van der Waals surface area contributed by atoms with Gasteiger partial charge in [0.05, 0.1) is 17.7 Å². The first-order chi connectivity index (χ1) is 12.6. The summed E-state index contributed by atoms with van der Waals surface area (Å²) in [6, 6.07) is 12.6. The van der Waals surface area contributed by atoms with Crippen LogP contribution in [0.3, 0.4) is 0 Å². The number of carbonyl (C=O) groups excluding carboxylic acids is 1. The van der Waals surface area contributed by atoms with Crippen LogP contribution in [0.2, 0.25) is 0 Å². The predicted molar refractivity (Wildman–Crippen MR) is 97.8 cm³/mol. The minimum Gasteiger partial charge on any atom is -0.320 e. The maximum Gasteiger partial charge on any atom is 0.322 e. The van der Waals surface area contributed by atoms with Gasteiger partial charge in [-0.3, -0.25) is 0 Å². The zero-order valence-corrected chi connectivity index (χ0v) is 14.4. The number of aryl methyl sites for hydroxylation is 1. The van der Waals surface area contributed by atoms with E-state index in [-0.39, 0.29) is 6.03 Å². The van der Waals surface area contributed by atoms with E-state index in [1.807, 2.05) is 25.1 Å². The zero-order valence-electron chi connectivity index (χ0n) is 14.4. The molecule has 2 heterocycles. The molecule has 0 atom stereocenters. The summed E-state index contributed by atoms with van der Waals surface area (Å²) in [5, 5.41) is 2.79. The molecule has 132 valence electrons. The molecule has 0 unspecified atom stereocenters. The van der Waals surface area contributed by atoms with E-state index in [1.54, 1.807) is 34.1 Å². The number of rotatable bonds is 2. The Morgan fingerprint density at radius 3 is 2.73 bits per heavy atom. The van der Waals surface area contributed by atoms with Gasteiger partial charge in [0.25, 0.3) is 0 Å². The van der Waals surface area contributed by atoms with Gasteiger partial charge in [-0.05, 0) is 42.7 Å². The Kier molecular flexibility index (Phi) is 4.16. The summed E-state index contributed by atoms with van der Waals surface area (Å²) >= 11 is 0. The Bertz CT molecular complexity index is 966. The third-order valence-corrected chi connectivity index (χ3v) is 4.61. The number of imidazole rings is 1. The van der Waals surface area contributed by atoms with Gasteiger partial charge in [0.1, 0.15) is 5.82 Å². The second kappa shape index (κ2) is 6.63. The van der Waals surface area contributed by atoms with Crippen LogP contribution in [-0.4, -0.2) is 27.0 Å². The maximum absolute atomic E-state index is 14.4. The van der Waals surface area contributed by atoms with Crippen molar-refractivity contribution < 1.29 is 9.18 Å². The van der Waals surface area contributed by atoms with Crippen molar-refractivity contribution in [2.24, 2.45) is 0 Å². The molecule has 0 saturated heterocycles. The highest BCUT2D eigenvalue weighted by molar-refractivity contribution is 5.89. The van der Waals surface area contributed by atoms with Gasteiger partial charge in [-0.2, -0.15) is 0 Å². The highest BCUT2D eigenvalue weighted by atomic mass is 19.1. The largest absolute Gasteiger partial charge is 0.322 e. The lowest BCUT2D eigenvalue weighted by Crippen LogP contribution is -2.38. The topological polar surface area (TPSA) is 50.2 Å². The quantitative estimate of drug-likeness (QED) is 0.762. The average molecular weight is 350 g/mol. The number of nitrogens with one attached hydrogen (secondary N) is 1. The number of carbonyl (C=O) groups is 1. The van der Waals surface area contributed by atoms with Crippen LogP contribution in [0.25, 0.3) is 5.69 Å². The fourth-order valence-corrected chi connectivity index (χ4v) is 3.22. The third-order valence-electron chi connectivity index (χ3n) is 4.61. The van der Waals surface area contributed by atoms with Gasteiger partial charge in [-0.15, -0.1) is 0 Å². The van der Waals surface area contributed by atoms with E-state index in [0.29, 0.717) is 24.5 Å². The molecule has 0 spiro atoms. The smallest absolute Gasteiger partial charge is 0.320 e. The maximum atomic E-state index is 14.4. The molecule has 6 heteroatoms. The minimum atomic E-state index is -0.413. The first-order valence-electron chi connectivity index (χ1n) is 8.53. The van der Waals surface area contributed by atoms with Gasteiger partial charge in [-0.1, -0.05) is 24.3 Å². The van der Waals surface area contributed by atoms with Crippen molar-refractivity contribution in [2.75, 3.05) is 11.9 Å². The normalized spacial score (nSPS) is 13.4. The van der Waals surface area contributed by atoms with Gasteiger partial charge >= 0.3 is 6.03 Å². The van der Waals surface area contributed by atoms with Crippen molar-refractivity contribution in [3.8, 4) is 5.69 Å². The van der Waals surface area contributed by atoms with E-state index < -0.39 is 5.82 Å². The zero-order chi connectivity index (χ0) is 18.1. The van der Waals surface area contributed by atoms with Crippen LogP contribution in [0.15, 0.2) is 55.0 Å². The second-order valence-corrected chi connectivity index (χ2v) is 6.46. The van der Waals surface area contributed by atoms with Crippen LogP contribution in [0.4, 0.5) is 14.9 Å². The summed E-state index contributed by atoms with van der Waals surface area (Å²) in [6.07, 6.45) is 4.15. The Morgan fingerprint density at radius 2 is 2.00 bits per heavy atom. The molecule has 1 N–H and O–H groups in total. The number of urea groups is 1. The highest BCUT2D eigenvalue weighted by Crippen LogP contribution is 2.21. The summed E-state index contributed by atoms with van der Waals surface area (Å²) < 4.78 is 16.0. The van der Waals surface area contributed by atoms with Gasteiger partial charge < -0.3 is 14.8 Å². The van der Waals surface area contributed by atoms with E-state index in [9.17, 15) is 9.18 Å². The lowest BCUT2D eigenvalue weighted by atomic mass is 10.0. The molecule has 1 aliphatic rings. The van der Waals surface area contributed by atoms with E-state index >= 15 is 0 Å². The van der Waals surface area contributed by atoms with Gasteiger partial charge in [0.15, 0.2) is 0 Å². The Morgan fingerprint density at radius 1 is 1.19 bits per heavy atom. The molecule has 1 aromatic heterocycles. The molecular formula is C20H19FN4O. The number of nitrogens with zero attached hydrogens (tertiary/aromatic N) is 3. The molecule has 0 radical (unpaired) electrons. The fourth-order valence-electron chi connectivity index (χ4n) is 3.22. The number of hydrogen-bond acceptors (Lipinski definition) is 2. The summed E-state index contributed by atoms with van der Waals surface area (Å²) in [5.41, 5.74) is 4.09. The van der Waals surface area contributed by atoms with Crippen molar-refractivity contribution in [2.45, 2.75) is 19.9 Å². The first-order valence-corrected chi connectivity index (χ1v) is 8.53. The minimum absolute atomic E-state index is 0.217. The standard InChI is InChI=1S/C20H19FN4O/c1-14-11-25(13-22-14)19-7-6-17(10-18(19)21)23-20(26)24-9-8-15-4-2-3-5-16(15)12-24/h2-7,10-11,13H,8-9,12H2,1H3,(H,23,26).